The molecule has 2 aliphatic rings. The highest BCUT2D eigenvalue weighted by molar-refractivity contribution is 14.1. The largest absolute Gasteiger partial charge is 0.426 e. The van der Waals surface area contributed by atoms with Crippen LogP contribution in [-0.4, -0.2) is 30.0 Å². The Balaban J connectivity index is 1.63. The Bertz CT molecular complexity index is 793. The standard InChI is InChI=1S/C21H21ClINO2/c1-24-16-8-11-19(24)20(18(12-16)13-2-4-14(22)5-3-13)21(25)26-17-9-6-15(23)7-10-17/h2-7,9-10,16,18-20H,8,11-12H2,1H3/t16-,18?,19?,20?/m1/s1. The van der Waals surface area contributed by atoms with Gasteiger partial charge in [0.15, 0.2) is 0 Å². The van der Waals surface area contributed by atoms with Crippen molar-refractivity contribution in [3.8, 4) is 5.75 Å². The van der Waals surface area contributed by atoms with E-state index in [1.54, 1.807) is 0 Å². The van der Waals surface area contributed by atoms with Gasteiger partial charge >= 0.3 is 5.97 Å². The minimum absolute atomic E-state index is 0.122. The monoisotopic (exact) mass is 481 g/mol. The number of carbonyl (C=O) groups is 1. The number of carbonyl (C=O) groups excluding carboxylic acids is 1. The van der Waals surface area contributed by atoms with Crippen LogP contribution in [0.15, 0.2) is 48.5 Å². The predicted octanol–water partition coefficient (Wildman–Crippen LogP) is 5.12. The van der Waals surface area contributed by atoms with Crippen LogP contribution < -0.4 is 4.74 Å². The zero-order chi connectivity index (χ0) is 18.3. The normalized spacial score (nSPS) is 28.1. The molecule has 3 unspecified atom stereocenters. The van der Waals surface area contributed by atoms with Gasteiger partial charge in [-0.15, -0.1) is 0 Å². The smallest absolute Gasteiger partial charge is 0.316 e. The molecule has 4 atom stereocenters. The fourth-order valence-corrected chi connectivity index (χ4v) is 5.01. The molecule has 2 saturated heterocycles. The average Bonchev–Trinajstić information content (AvgIpc) is 2.87. The van der Waals surface area contributed by atoms with Crippen molar-refractivity contribution in [3.63, 3.8) is 0 Å². The third kappa shape index (κ3) is 3.51. The molecule has 3 nitrogen and oxygen atoms in total. The maximum atomic E-state index is 13.2. The van der Waals surface area contributed by atoms with Gasteiger partial charge in [0.1, 0.15) is 5.75 Å². The fraction of sp³-hybridized carbons (Fsp3) is 0.381. The molecule has 0 spiro atoms. The van der Waals surface area contributed by atoms with E-state index in [0.717, 1.165) is 27.9 Å². The van der Waals surface area contributed by atoms with Crippen LogP contribution in [0.3, 0.4) is 0 Å². The van der Waals surface area contributed by atoms with Gasteiger partial charge in [0.25, 0.3) is 0 Å². The van der Waals surface area contributed by atoms with Crippen molar-refractivity contribution in [2.24, 2.45) is 5.92 Å². The summed E-state index contributed by atoms with van der Waals surface area (Å²) in [6, 6.07) is 16.4. The number of hydrogen-bond donors (Lipinski definition) is 0. The molecule has 2 bridgehead atoms. The molecular formula is C21H21ClINO2. The van der Waals surface area contributed by atoms with E-state index >= 15 is 0 Å². The lowest BCUT2D eigenvalue weighted by Crippen LogP contribution is -2.49. The molecule has 0 radical (unpaired) electrons. The van der Waals surface area contributed by atoms with Crippen LogP contribution in [0.25, 0.3) is 0 Å². The summed E-state index contributed by atoms with van der Waals surface area (Å²) in [6.45, 7) is 0. The molecule has 2 aliphatic heterocycles. The zero-order valence-corrected chi connectivity index (χ0v) is 17.5. The number of benzene rings is 2. The van der Waals surface area contributed by atoms with Crippen LogP contribution in [0.4, 0.5) is 0 Å². The summed E-state index contributed by atoms with van der Waals surface area (Å²) in [4.78, 5) is 15.5. The third-order valence-electron chi connectivity index (χ3n) is 5.87. The average molecular weight is 482 g/mol. The van der Waals surface area contributed by atoms with Gasteiger partial charge in [-0.05, 0) is 90.9 Å². The number of halogens is 2. The second-order valence-corrected chi connectivity index (χ2v) is 8.94. The molecule has 2 aromatic rings. The molecule has 0 aromatic heterocycles. The van der Waals surface area contributed by atoms with Gasteiger partial charge in [0.2, 0.25) is 0 Å². The Morgan fingerprint density at radius 1 is 1.12 bits per heavy atom. The van der Waals surface area contributed by atoms with Crippen LogP contribution >= 0.6 is 34.2 Å². The first-order chi connectivity index (χ1) is 12.5. The first-order valence-corrected chi connectivity index (χ1v) is 10.4. The van der Waals surface area contributed by atoms with Crippen molar-refractivity contribution in [1.29, 1.82) is 0 Å². The van der Waals surface area contributed by atoms with Gasteiger partial charge in [0.05, 0.1) is 5.92 Å². The van der Waals surface area contributed by atoms with Crippen molar-refractivity contribution >= 4 is 40.2 Å². The summed E-state index contributed by atoms with van der Waals surface area (Å²) in [6.07, 6.45) is 3.19. The van der Waals surface area contributed by atoms with E-state index in [0.29, 0.717) is 11.8 Å². The summed E-state index contributed by atoms with van der Waals surface area (Å²) in [5.41, 5.74) is 1.18. The van der Waals surface area contributed by atoms with Crippen LogP contribution in [0.1, 0.15) is 30.7 Å². The van der Waals surface area contributed by atoms with Crippen LogP contribution in [0, 0.1) is 9.49 Å². The van der Waals surface area contributed by atoms with Crippen LogP contribution in [-0.2, 0) is 4.79 Å². The minimum Gasteiger partial charge on any atom is -0.426 e. The quantitative estimate of drug-likeness (QED) is 0.346. The molecule has 0 N–H and O–H groups in total. The van der Waals surface area contributed by atoms with Crippen molar-refractivity contribution < 1.29 is 9.53 Å². The molecule has 5 heteroatoms. The SMILES string of the molecule is CN1C2CC[C@@H]1CC(c1ccc(Cl)cc1)C2C(=O)Oc1ccc(I)cc1. The summed E-state index contributed by atoms with van der Waals surface area (Å²) < 4.78 is 6.91. The lowest BCUT2D eigenvalue weighted by Gasteiger charge is -2.41. The topological polar surface area (TPSA) is 29.5 Å². The minimum atomic E-state index is -0.154. The van der Waals surface area contributed by atoms with E-state index in [9.17, 15) is 4.79 Å². The van der Waals surface area contributed by atoms with Crippen molar-refractivity contribution in [2.75, 3.05) is 7.05 Å². The Morgan fingerprint density at radius 2 is 1.81 bits per heavy atom. The molecule has 2 fully saturated rings. The van der Waals surface area contributed by atoms with Gasteiger partial charge < -0.3 is 4.74 Å². The fourth-order valence-electron chi connectivity index (χ4n) is 4.53. The number of rotatable bonds is 3. The highest BCUT2D eigenvalue weighted by atomic mass is 127. The van der Waals surface area contributed by atoms with Crippen molar-refractivity contribution in [2.45, 2.75) is 37.3 Å². The lowest BCUT2D eigenvalue weighted by atomic mass is 9.76. The molecule has 0 aliphatic carbocycles. The van der Waals surface area contributed by atoms with E-state index in [-0.39, 0.29) is 23.8 Å². The molecule has 0 amide bonds. The maximum Gasteiger partial charge on any atom is 0.316 e. The molecule has 4 rings (SSSR count). The summed E-state index contributed by atoms with van der Waals surface area (Å²) in [5, 5.41) is 0.725. The van der Waals surface area contributed by atoms with Crippen LogP contribution in [0.2, 0.25) is 5.02 Å². The second kappa shape index (κ2) is 7.49. The van der Waals surface area contributed by atoms with E-state index in [1.165, 1.54) is 5.56 Å². The third-order valence-corrected chi connectivity index (χ3v) is 6.84. The molecule has 2 heterocycles. The van der Waals surface area contributed by atoms with Gasteiger partial charge in [-0.3, -0.25) is 9.69 Å². The number of ether oxygens (including phenoxy) is 1. The number of piperidine rings is 1. The predicted molar refractivity (Wildman–Crippen MR) is 112 cm³/mol. The second-order valence-electron chi connectivity index (χ2n) is 7.26. The maximum absolute atomic E-state index is 13.2. The van der Waals surface area contributed by atoms with Crippen molar-refractivity contribution in [3.05, 3.63) is 62.7 Å². The van der Waals surface area contributed by atoms with Gasteiger partial charge in [-0.2, -0.15) is 0 Å². The van der Waals surface area contributed by atoms with E-state index in [1.807, 2.05) is 36.4 Å². The summed E-state index contributed by atoms with van der Waals surface area (Å²) >= 11 is 8.31. The van der Waals surface area contributed by atoms with E-state index < -0.39 is 0 Å². The van der Waals surface area contributed by atoms with Crippen LogP contribution in [0.5, 0.6) is 5.75 Å². The van der Waals surface area contributed by atoms with Gasteiger partial charge in [-0.25, -0.2) is 0 Å². The lowest BCUT2D eigenvalue weighted by molar-refractivity contribution is -0.143. The molecule has 2 aromatic carbocycles. The summed E-state index contributed by atoms with van der Waals surface area (Å²) in [7, 11) is 2.14. The number of hydrogen-bond acceptors (Lipinski definition) is 3. The van der Waals surface area contributed by atoms with E-state index in [4.69, 9.17) is 16.3 Å². The molecular weight excluding hydrogens is 461 g/mol. The van der Waals surface area contributed by atoms with Gasteiger partial charge in [0, 0.05) is 26.6 Å². The first kappa shape index (κ1) is 18.3. The Labute approximate surface area is 172 Å². The Hall–Kier alpha value is -1.11. The van der Waals surface area contributed by atoms with E-state index in [2.05, 4.69) is 46.7 Å². The molecule has 0 saturated carbocycles. The Kier molecular flexibility index (Phi) is 5.26. The highest BCUT2D eigenvalue weighted by Crippen LogP contribution is 2.46. The summed E-state index contributed by atoms with van der Waals surface area (Å²) in [5.74, 6) is 0.521. The first-order valence-electron chi connectivity index (χ1n) is 8.97. The van der Waals surface area contributed by atoms with Crippen molar-refractivity contribution in [1.82, 2.24) is 4.90 Å². The molecule has 136 valence electrons. The number of fused-ring (bicyclic) bond motifs is 2. The Morgan fingerprint density at radius 3 is 2.50 bits per heavy atom. The number of esters is 1. The molecule has 26 heavy (non-hydrogen) atoms. The zero-order valence-electron chi connectivity index (χ0n) is 14.6. The highest BCUT2D eigenvalue weighted by Gasteiger charge is 2.49. The number of nitrogens with zero attached hydrogens (tertiary/aromatic N) is 1. The van der Waals surface area contributed by atoms with Gasteiger partial charge in [-0.1, -0.05) is 23.7 Å².